The van der Waals surface area contributed by atoms with Crippen LogP contribution in [0.25, 0.3) is 0 Å². The highest BCUT2D eigenvalue weighted by atomic mass is 35.5. The van der Waals surface area contributed by atoms with Crippen molar-refractivity contribution in [2.75, 3.05) is 20.3 Å². The van der Waals surface area contributed by atoms with Crippen LogP contribution in [0.4, 0.5) is 0 Å². The SMILES string of the molecule is COCCNC(=O)c1nn(C)c(C)c1Cl. The van der Waals surface area contributed by atoms with Crippen LogP contribution in [0.3, 0.4) is 0 Å². The third kappa shape index (κ3) is 2.70. The summed E-state index contributed by atoms with van der Waals surface area (Å²) in [5.74, 6) is -0.277. The Labute approximate surface area is 93.4 Å². The van der Waals surface area contributed by atoms with Gasteiger partial charge in [0.15, 0.2) is 5.69 Å². The fourth-order valence-corrected chi connectivity index (χ4v) is 1.32. The van der Waals surface area contributed by atoms with Gasteiger partial charge in [-0.1, -0.05) is 11.6 Å². The molecule has 0 aromatic carbocycles. The van der Waals surface area contributed by atoms with Crippen LogP contribution in [0.2, 0.25) is 5.02 Å². The van der Waals surface area contributed by atoms with Gasteiger partial charge in [-0.3, -0.25) is 9.48 Å². The molecule has 15 heavy (non-hydrogen) atoms. The number of ether oxygens (including phenoxy) is 1. The van der Waals surface area contributed by atoms with Gasteiger partial charge in [0.05, 0.1) is 17.3 Å². The minimum absolute atomic E-state index is 0.257. The average molecular weight is 232 g/mol. The van der Waals surface area contributed by atoms with Crippen LogP contribution in [0.1, 0.15) is 16.2 Å². The van der Waals surface area contributed by atoms with Gasteiger partial charge >= 0.3 is 0 Å². The molecule has 1 N–H and O–H groups in total. The minimum Gasteiger partial charge on any atom is -0.383 e. The highest BCUT2D eigenvalue weighted by Gasteiger charge is 2.17. The summed E-state index contributed by atoms with van der Waals surface area (Å²) in [6, 6.07) is 0. The van der Waals surface area contributed by atoms with E-state index in [1.807, 2.05) is 0 Å². The molecule has 1 aromatic rings. The van der Waals surface area contributed by atoms with Crippen LogP contribution < -0.4 is 5.32 Å². The molecule has 1 amide bonds. The second kappa shape index (κ2) is 5.14. The topological polar surface area (TPSA) is 56.1 Å². The van der Waals surface area contributed by atoms with Crippen LogP contribution in [0.15, 0.2) is 0 Å². The number of carbonyl (C=O) groups is 1. The van der Waals surface area contributed by atoms with E-state index >= 15 is 0 Å². The molecule has 0 saturated carbocycles. The summed E-state index contributed by atoms with van der Waals surface area (Å²) in [5, 5.41) is 7.07. The van der Waals surface area contributed by atoms with E-state index in [0.717, 1.165) is 5.69 Å². The molecular formula is C9H14ClN3O2. The first-order valence-electron chi connectivity index (χ1n) is 4.54. The van der Waals surface area contributed by atoms with Gasteiger partial charge in [0, 0.05) is 20.7 Å². The highest BCUT2D eigenvalue weighted by molar-refractivity contribution is 6.34. The number of amides is 1. The number of aryl methyl sites for hydroxylation is 1. The maximum absolute atomic E-state index is 11.6. The molecule has 1 rings (SSSR count). The van der Waals surface area contributed by atoms with Crippen LogP contribution >= 0.6 is 11.6 Å². The zero-order valence-electron chi connectivity index (χ0n) is 9.00. The third-order valence-electron chi connectivity index (χ3n) is 2.07. The first kappa shape index (κ1) is 12.0. The smallest absolute Gasteiger partial charge is 0.273 e. The Bertz CT molecular complexity index is 362. The van der Waals surface area contributed by atoms with Crippen molar-refractivity contribution in [3.05, 3.63) is 16.4 Å². The fraction of sp³-hybridized carbons (Fsp3) is 0.556. The van der Waals surface area contributed by atoms with E-state index in [-0.39, 0.29) is 11.6 Å². The summed E-state index contributed by atoms with van der Waals surface area (Å²) in [6.07, 6.45) is 0. The molecule has 0 bridgehead atoms. The summed E-state index contributed by atoms with van der Waals surface area (Å²) >= 11 is 5.95. The van der Waals surface area contributed by atoms with Gasteiger partial charge in [-0.05, 0) is 6.92 Å². The third-order valence-corrected chi connectivity index (χ3v) is 2.52. The quantitative estimate of drug-likeness (QED) is 0.779. The molecule has 0 fully saturated rings. The standard InChI is InChI=1S/C9H14ClN3O2/c1-6-7(10)8(12-13(6)2)9(14)11-4-5-15-3/h4-5H2,1-3H3,(H,11,14). The molecule has 1 heterocycles. The van der Waals surface area contributed by atoms with Crippen molar-refractivity contribution in [3.8, 4) is 0 Å². The van der Waals surface area contributed by atoms with E-state index in [9.17, 15) is 4.79 Å². The Morgan fingerprint density at radius 1 is 1.67 bits per heavy atom. The average Bonchev–Trinajstić information content (AvgIpc) is 2.46. The van der Waals surface area contributed by atoms with Crippen LogP contribution in [0.5, 0.6) is 0 Å². The Morgan fingerprint density at radius 2 is 2.33 bits per heavy atom. The Balaban J connectivity index is 2.70. The molecule has 5 nitrogen and oxygen atoms in total. The van der Waals surface area contributed by atoms with Crippen molar-refractivity contribution in [1.82, 2.24) is 15.1 Å². The Kier molecular flexibility index (Phi) is 4.11. The number of aromatic nitrogens is 2. The zero-order chi connectivity index (χ0) is 11.4. The van der Waals surface area contributed by atoms with E-state index in [1.54, 1.807) is 25.8 Å². The summed E-state index contributed by atoms with van der Waals surface area (Å²) in [7, 11) is 3.32. The number of nitrogens with zero attached hydrogens (tertiary/aromatic N) is 2. The number of hydrogen-bond donors (Lipinski definition) is 1. The van der Waals surface area contributed by atoms with Gasteiger partial charge in [-0.15, -0.1) is 0 Å². The molecule has 84 valence electrons. The first-order valence-corrected chi connectivity index (χ1v) is 4.92. The van der Waals surface area contributed by atoms with Gasteiger partial charge in [0.2, 0.25) is 0 Å². The molecule has 0 radical (unpaired) electrons. The van der Waals surface area contributed by atoms with Gasteiger partial charge < -0.3 is 10.1 Å². The maximum Gasteiger partial charge on any atom is 0.273 e. The van der Waals surface area contributed by atoms with E-state index < -0.39 is 0 Å². The summed E-state index contributed by atoms with van der Waals surface area (Å²) in [5.41, 5.74) is 1.03. The Hall–Kier alpha value is -1.07. The summed E-state index contributed by atoms with van der Waals surface area (Å²) in [4.78, 5) is 11.6. The van der Waals surface area contributed by atoms with Crippen molar-refractivity contribution in [2.45, 2.75) is 6.92 Å². The van der Waals surface area contributed by atoms with Gasteiger partial charge in [0.1, 0.15) is 0 Å². The lowest BCUT2D eigenvalue weighted by molar-refractivity contribution is 0.0931. The molecular weight excluding hydrogens is 218 g/mol. The lowest BCUT2D eigenvalue weighted by Crippen LogP contribution is -2.27. The van der Waals surface area contributed by atoms with Gasteiger partial charge in [-0.25, -0.2) is 0 Å². The number of nitrogens with one attached hydrogen (secondary N) is 1. The molecule has 0 unspecified atom stereocenters. The monoisotopic (exact) mass is 231 g/mol. The molecule has 0 aliphatic carbocycles. The first-order chi connectivity index (χ1) is 7.07. The van der Waals surface area contributed by atoms with E-state index in [0.29, 0.717) is 18.2 Å². The lowest BCUT2D eigenvalue weighted by atomic mass is 10.3. The number of carbonyl (C=O) groups excluding carboxylic acids is 1. The highest BCUT2D eigenvalue weighted by Crippen LogP contribution is 2.18. The number of hydrogen-bond acceptors (Lipinski definition) is 3. The molecule has 1 aromatic heterocycles. The molecule has 0 spiro atoms. The van der Waals surface area contributed by atoms with Crippen molar-refractivity contribution in [3.63, 3.8) is 0 Å². The van der Waals surface area contributed by atoms with Gasteiger partial charge in [0.25, 0.3) is 5.91 Å². The van der Waals surface area contributed by atoms with Gasteiger partial charge in [-0.2, -0.15) is 5.10 Å². The van der Waals surface area contributed by atoms with E-state index in [1.165, 1.54) is 0 Å². The lowest BCUT2D eigenvalue weighted by Gasteiger charge is -2.01. The predicted octanol–water partition coefficient (Wildman–Crippen LogP) is 0.758. The summed E-state index contributed by atoms with van der Waals surface area (Å²) < 4.78 is 6.39. The van der Waals surface area contributed by atoms with Crippen LogP contribution in [-0.4, -0.2) is 35.9 Å². The van der Waals surface area contributed by atoms with Crippen LogP contribution in [-0.2, 0) is 11.8 Å². The minimum atomic E-state index is -0.277. The summed E-state index contributed by atoms with van der Waals surface area (Å²) in [6.45, 7) is 2.72. The number of methoxy groups -OCH3 is 1. The number of rotatable bonds is 4. The van der Waals surface area contributed by atoms with Crippen molar-refractivity contribution in [1.29, 1.82) is 0 Å². The second-order valence-corrected chi connectivity index (χ2v) is 3.50. The second-order valence-electron chi connectivity index (χ2n) is 3.12. The van der Waals surface area contributed by atoms with Crippen molar-refractivity contribution >= 4 is 17.5 Å². The molecule has 0 aliphatic rings. The van der Waals surface area contributed by atoms with Crippen molar-refractivity contribution in [2.24, 2.45) is 7.05 Å². The Morgan fingerprint density at radius 3 is 2.80 bits per heavy atom. The molecule has 0 saturated heterocycles. The fourth-order valence-electron chi connectivity index (χ4n) is 1.08. The maximum atomic E-state index is 11.6. The molecule has 0 atom stereocenters. The molecule has 0 aliphatic heterocycles. The largest absolute Gasteiger partial charge is 0.383 e. The number of halogens is 1. The normalized spacial score (nSPS) is 10.4. The van der Waals surface area contributed by atoms with E-state index in [4.69, 9.17) is 16.3 Å². The zero-order valence-corrected chi connectivity index (χ0v) is 9.76. The van der Waals surface area contributed by atoms with Crippen molar-refractivity contribution < 1.29 is 9.53 Å². The molecule has 6 heteroatoms. The van der Waals surface area contributed by atoms with Crippen LogP contribution in [0, 0.1) is 6.92 Å². The predicted molar refractivity (Wildman–Crippen MR) is 57.2 cm³/mol. The van der Waals surface area contributed by atoms with E-state index in [2.05, 4.69) is 10.4 Å².